The third kappa shape index (κ3) is 2.74. The summed E-state index contributed by atoms with van der Waals surface area (Å²) in [6.45, 7) is 1.06. The fourth-order valence-corrected chi connectivity index (χ4v) is 6.23. The van der Waals surface area contributed by atoms with Crippen molar-refractivity contribution in [2.75, 3.05) is 18.7 Å². The fourth-order valence-electron chi connectivity index (χ4n) is 4.88. The molecule has 7 rings (SSSR count). The van der Waals surface area contributed by atoms with E-state index < -0.39 is 0 Å². The lowest BCUT2D eigenvalue weighted by atomic mass is 9.80. The second kappa shape index (κ2) is 7.03. The van der Waals surface area contributed by atoms with Crippen LogP contribution < -0.4 is 14.8 Å². The van der Waals surface area contributed by atoms with Crippen LogP contribution >= 0.6 is 11.3 Å². The number of pyridine rings is 1. The van der Waals surface area contributed by atoms with Crippen molar-refractivity contribution in [2.24, 2.45) is 0 Å². The summed E-state index contributed by atoms with van der Waals surface area (Å²) in [5.41, 5.74) is 4.85. The lowest BCUT2D eigenvalue weighted by Gasteiger charge is -2.26. The minimum absolute atomic E-state index is 0.298. The van der Waals surface area contributed by atoms with Crippen LogP contribution in [0.5, 0.6) is 11.5 Å². The SMILES string of the molecule is C1=C2c3c(sc4nc(-c5ccccn5)nc(NCCc5ccc6c(c5)OCO6)c34)C2CC1. The Balaban J connectivity index is 1.24. The topological polar surface area (TPSA) is 69.2 Å². The first-order valence-corrected chi connectivity index (χ1v) is 11.8. The van der Waals surface area contributed by atoms with Gasteiger partial charge in [-0.15, -0.1) is 11.3 Å². The van der Waals surface area contributed by atoms with Crippen molar-refractivity contribution in [3.63, 3.8) is 0 Å². The molecule has 0 bridgehead atoms. The molecule has 1 aliphatic heterocycles. The predicted molar refractivity (Wildman–Crippen MR) is 125 cm³/mol. The van der Waals surface area contributed by atoms with E-state index in [0.29, 0.717) is 18.5 Å². The normalized spacial score (nSPS) is 17.6. The molecular formula is C25H20N4O2S. The molecule has 4 heterocycles. The van der Waals surface area contributed by atoms with E-state index in [1.165, 1.54) is 39.8 Å². The van der Waals surface area contributed by atoms with Crippen LogP contribution in [0.25, 0.3) is 27.3 Å². The summed E-state index contributed by atoms with van der Waals surface area (Å²) in [7, 11) is 0. The van der Waals surface area contributed by atoms with Gasteiger partial charge in [0.15, 0.2) is 17.3 Å². The Morgan fingerprint density at radius 3 is 3.00 bits per heavy atom. The van der Waals surface area contributed by atoms with Gasteiger partial charge >= 0.3 is 0 Å². The number of nitrogens with zero attached hydrogens (tertiary/aromatic N) is 3. The number of hydrogen-bond acceptors (Lipinski definition) is 7. The van der Waals surface area contributed by atoms with Crippen molar-refractivity contribution in [3.05, 3.63) is 64.7 Å². The predicted octanol–water partition coefficient (Wildman–Crippen LogP) is 5.41. The molecule has 0 radical (unpaired) electrons. The van der Waals surface area contributed by atoms with Gasteiger partial charge in [0.1, 0.15) is 16.3 Å². The molecule has 2 aliphatic carbocycles. The van der Waals surface area contributed by atoms with E-state index >= 15 is 0 Å². The summed E-state index contributed by atoms with van der Waals surface area (Å²) in [6, 6.07) is 12.0. The molecule has 4 aromatic rings. The van der Waals surface area contributed by atoms with Gasteiger partial charge < -0.3 is 14.8 Å². The van der Waals surface area contributed by atoms with E-state index in [9.17, 15) is 0 Å². The zero-order valence-corrected chi connectivity index (χ0v) is 18.1. The maximum Gasteiger partial charge on any atom is 0.231 e. The molecule has 1 aromatic carbocycles. The second-order valence-corrected chi connectivity index (χ2v) is 9.32. The van der Waals surface area contributed by atoms with Crippen LogP contribution in [0.2, 0.25) is 0 Å². The highest BCUT2D eigenvalue weighted by Crippen LogP contribution is 2.59. The quantitative estimate of drug-likeness (QED) is 0.447. The van der Waals surface area contributed by atoms with Gasteiger partial charge in [-0.1, -0.05) is 18.2 Å². The number of ether oxygens (including phenoxy) is 2. The Morgan fingerprint density at radius 2 is 2.06 bits per heavy atom. The number of aromatic nitrogens is 3. The fraction of sp³-hybridized carbons (Fsp3) is 0.240. The van der Waals surface area contributed by atoms with Crippen molar-refractivity contribution in [1.29, 1.82) is 0 Å². The maximum atomic E-state index is 5.52. The molecule has 3 aromatic heterocycles. The van der Waals surface area contributed by atoms with Crippen LogP contribution in [0.3, 0.4) is 0 Å². The largest absolute Gasteiger partial charge is 0.454 e. The summed E-state index contributed by atoms with van der Waals surface area (Å²) in [5, 5.41) is 4.78. The zero-order chi connectivity index (χ0) is 21.1. The molecule has 6 nitrogen and oxygen atoms in total. The smallest absolute Gasteiger partial charge is 0.231 e. The monoisotopic (exact) mass is 440 g/mol. The van der Waals surface area contributed by atoms with Gasteiger partial charge in [-0.3, -0.25) is 4.98 Å². The number of rotatable bonds is 5. The number of nitrogens with one attached hydrogen (secondary N) is 1. The summed E-state index contributed by atoms with van der Waals surface area (Å²) in [5.74, 6) is 3.81. The molecule has 7 heteroatoms. The molecule has 0 saturated carbocycles. The molecule has 3 aliphatic rings. The van der Waals surface area contributed by atoms with E-state index in [-0.39, 0.29) is 0 Å². The van der Waals surface area contributed by atoms with Gasteiger partial charge in [0.2, 0.25) is 6.79 Å². The molecule has 32 heavy (non-hydrogen) atoms. The number of fused-ring (bicyclic) bond motifs is 7. The highest BCUT2D eigenvalue weighted by molar-refractivity contribution is 7.19. The number of hydrogen-bond donors (Lipinski definition) is 1. The Hall–Kier alpha value is -3.45. The highest BCUT2D eigenvalue weighted by Gasteiger charge is 2.39. The van der Waals surface area contributed by atoms with Crippen molar-refractivity contribution in [1.82, 2.24) is 15.0 Å². The van der Waals surface area contributed by atoms with E-state index in [1.807, 2.05) is 35.6 Å². The zero-order valence-electron chi connectivity index (χ0n) is 17.3. The van der Waals surface area contributed by atoms with E-state index in [0.717, 1.165) is 40.8 Å². The highest BCUT2D eigenvalue weighted by atomic mass is 32.1. The third-order valence-corrected chi connectivity index (χ3v) is 7.61. The average Bonchev–Trinajstić information content (AvgIpc) is 3.53. The minimum Gasteiger partial charge on any atom is -0.454 e. The Bertz CT molecular complexity index is 1400. The van der Waals surface area contributed by atoms with Gasteiger partial charge in [0, 0.05) is 29.1 Å². The molecule has 1 N–H and O–H groups in total. The van der Waals surface area contributed by atoms with Crippen LogP contribution in [0.4, 0.5) is 5.82 Å². The third-order valence-electron chi connectivity index (χ3n) is 6.42. The van der Waals surface area contributed by atoms with Crippen LogP contribution in [0, 0.1) is 0 Å². The lowest BCUT2D eigenvalue weighted by molar-refractivity contribution is 0.174. The van der Waals surface area contributed by atoms with Crippen molar-refractivity contribution >= 4 is 32.9 Å². The van der Waals surface area contributed by atoms with E-state index in [1.54, 1.807) is 6.20 Å². The lowest BCUT2D eigenvalue weighted by Crippen LogP contribution is -2.11. The van der Waals surface area contributed by atoms with E-state index in [4.69, 9.17) is 19.4 Å². The van der Waals surface area contributed by atoms with Crippen LogP contribution in [-0.4, -0.2) is 28.3 Å². The Morgan fingerprint density at radius 1 is 1.09 bits per heavy atom. The number of thiophene rings is 1. The average molecular weight is 441 g/mol. The first-order valence-electron chi connectivity index (χ1n) is 10.9. The van der Waals surface area contributed by atoms with Gasteiger partial charge in [0.25, 0.3) is 0 Å². The number of benzene rings is 1. The molecule has 0 spiro atoms. The van der Waals surface area contributed by atoms with Gasteiger partial charge in [-0.2, -0.15) is 0 Å². The minimum atomic E-state index is 0.298. The molecule has 158 valence electrons. The number of anilines is 1. The van der Waals surface area contributed by atoms with Crippen molar-refractivity contribution < 1.29 is 9.47 Å². The van der Waals surface area contributed by atoms with Gasteiger partial charge in [0.05, 0.1) is 5.39 Å². The molecule has 1 atom stereocenters. The van der Waals surface area contributed by atoms with Crippen LogP contribution in [-0.2, 0) is 6.42 Å². The summed E-state index contributed by atoms with van der Waals surface area (Å²) >= 11 is 1.82. The molecule has 1 unspecified atom stereocenters. The van der Waals surface area contributed by atoms with Crippen molar-refractivity contribution in [3.8, 4) is 23.0 Å². The summed E-state index contributed by atoms with van der Waals surface area (Å²) in [4.78, 5) is 16.8. The first kappa shape index (κ1) is 18.2. The first-order chi connectivity index (χ1) is 15.8. The molecular weight excluding hydrogens is 420 g/mol. The molecule has 0 fully saturated rings. The second-order valence-electron chi connectivity index (χ2n) is 8.29. The van der Waals surface area contributed by atoms with Crippen molar-refractivity contribution in [2.45, 2.75) is 25.2 Å². The van der Waals surface area contributed by atoms with Gasteiger partial charge in [-0.25, -0.2) is 9.97 Å². The van der Waals surface area contributed by atoms with Gasteiger partial charge in [-0.05, 0) is 54.7 Å². The summed E-state index contributed by atoms with van der Waals surface area (Å²) in [6.07, 6.45) is 7.43. The van der Waals surface area contributed by atoms with Crippen LogP contribution in [0.15, 0.2) is 48.7 Å². The van der Waals surface area contributed by atoms with Crippen LogP contribution in [0.1, 0.15) is 34.8 Å². The molecule has 0 saturated heterocycles. The molecule has 0 amide bonds. The number of allylic oxidation sites excluding steroid dienone is 2. The summed E-state index contributed by atoms with van der Waals surface area (Å²) < 4.78 is 10.9. The maximum absolute atomic E-state index is 5.52. The van der Waals surface area contributed by atoms with E-state index in [2.05, 4.69) is 28.5 Å². The standard InChI is InChI=1S/C25H20N4O2S/c1-2-10-26-17(6-1)23-28-24(27-11-9-14-7-8-18-19(12-14)31-13-30-18)21-20-15-4-3-5-16(15)22(20)32-25(21)29-23/h1-2,4,6-8,10,12,16H,3,5,9,11,13H2,(H,27,28,29). The Kier molecular flexibility index (Phi) is 3.99. The Labute approximate surface area is 189 Å².